The summed E-state index contributed by atoms with van der Waals surface area (Å²) in [4.78, 5) is 4.67. The average Bonchev–Trinajstić information content (AvgIpc) is 2.52. The maximum absolute atomic E-state index is 5.40. The number of nitrogens with two attached hydrogens (primary N) is 2. The molecule has 1 aliphatic rings. The lowest BCUT2D eigenvalue weighted by atomic mass is 9.81. The van der Waals surface area contributed by atoms with Crippen molar-refractivity contribution in [3.05, 3.63) is 65.0 Å². The van der Waals surface area contributed by atoms with E-state index >= 15 is 0 Å². The largest absolute Gasteiger partial charge is 0.369 e. The summed E-state index contributed by atoms with van der Waals surface area (Å²) in [6, 6.07) is 14.5. The molecule has 5 heteroatoms. The maximum Gasteiger partial charge on any atom is 0.211 e. The topological polar surface area (TPSA) is 89.6 Å². The van der Waals surface area contributed by atoms with Crippen LogP contribution in [0.5, 0.6) is 0 Å². The molecule has 1 unspecified atom stereocenters. The predicted octanol–water partition coefficient (Wildman–Crippen LogP) is 2.10. The lowest BCUT2D eigenvalue weighted by molar-refractivity contribution is 0.676. The van der Waals surface area contributed by atoms with E-state index in [1.54, 1.807) is 0 Å². The summed E-state index contributed by atoms with van der Waals surface area (Å²) in [7, 11) is 0. The van der Waals surface area contributed by atoms with Crippen molar-refractivity contribution in [2.75, 3.05) is 0 Å². The summed E-state index contributed by atoms with van der Waals surface area (Å²) in [6.07, 6.45) is 1.71. The minimum atomic E-state index is -0.0315. The molecule has 0 saturated carbocycles. The molecule has 0 aliphatic heterocycles. The van der Waals surface area contributed by atoms with E-state index in [0.717, 1.165) is 35.5 Å². The third-order valence-electron chi connectivity index (χ3n) is 3.86. The molecule has 1 aliphatic carbocycles. The first-order valence-electron chi connectivity index (χ1n) is 7.31. The van der Waals surface area contributed by atoms with Crippen molar-refractivity contribution in [3.8, 4) is 0 Å². The molecule has 1 aromatic heterocycles. The Morgan fingerprint density at radius 1 is 1.09 bits per heavy atom. The number of rotatable bonds is 2. The smallest absolute Gasteiger partial charge is 0.211 e. The van der Waals surface area contributed by atoms with Crippen molar-refractivity contribution in [1.29, 1.82) is 0 Å². The van der Waals surface area contributed by atoms with E-state index in [1.807, 2.05) is 19.1 Å². The monoisotopic (exact) mass is 293 g/mol. The van der Waals surface area contributed by atoms with E-state index in [9.17, 15) is 0 Å². The van der Waals surface area contributed by atoms with Gasteiger partial charge in [-0.3, -0.25) is 4.98 Å². The Labute approximate surface area is 129 Å². The van der Waals surface area contributed by atoms with E-state index in [-0.39, 0.29) is 5.96 Å². The maximum atomic E-state index is 5.40. The fourth-order valence-electron chi connectivity index (χ4n) is 2.85. The number of pyridine rings is 1. The standard InChI is InChI=1S/C17H19N5/c1-11-7-8-14-15(20-11)9-13(12-5-3-2-4-6-12)10-16(14)21-22-17(18)19/h2-8,13H,9-10H2,1H3,(H4,18,19,22). The Morgan fingerprint density at radius 2 is 1.86 bits per heavy atom. The van der Waals surface area contributed by atoms with Crippen LogP contribution < -0.4 is 11.5 Å². The number of aryl methyl sites for hydroxylation is 1. The van der Waals surface area contributed by atoms with Gasteiger partial charge in [-0.05, 0) is 43.4 Å². The first kappa shape index (κ1) is 14.3. The lowest BCUT2D eigenvalue weighted by Gasteiger charge is -2.25. The van der Waals surface area contributed by atoms with E-state index in [1.165, 1.54) is 5.56 Å². The summed E-state index contributed by atoms with van der Waals surface area (Å²) < 4.78 is 0. The van der Waals surface area contributed by atoms with E-state index < -0.39 is 0 Å². The second-order valence-electron chi connectivity index (χ2n) is 5.53. The summed E-state index contributed by atoms with van der Waals surface area (Å²) in [5.74, 6) is 0.312. The molecule has 22 heavy (non-hydrogen) atoms. The van der Waals surface area contributed by atoms with Gasteiger partial charge in [0.1, 0.15) is 0 Å². The molecule has 1 aromatic carbocycles. The number of fused-ring (bicyclic) bond motifs is 1. The minimum Gasteiger partial charge on any atom is -0.369 e. The van der Waals surface area contributed by atoms with Crippen molar-refractivity contribution in [2.45, 2.75) is 25.7 Å². The molecule has 0 spiro atoms. The molecule has 0 amide bonds. The van der Waals surface area contributed by atoms with Crippen LogP contribution in [0.25, 0.3) is 0 Å². The Balaban J connectivity index is 2.04. The molecule has 0 radical (unpaired) electrons. The minimum absolute atomic E-state index is 0.0315. The van der Waals surface area contributed by atoms with Crippen LogP contribution >= 0.6 is 0 Å². The zero-order valence-electron chi connectivity index (χ0n) is 12.5. The van der Waals surface area contributed by atoms with E-state index in [0.29, 0.717) is 5.92 Å². The average molecular weight is 293 g/mol. The molecule has 1 atom stereocenters. The quantitative estimate of drug-likeness (QED) is 0.505. The molecular weight excluding hydrogens is 274 g/mol. The van der Waals surface area contributed by atoms with Crippen molar-refractivity contribution in [1.82, 2.24) is 4.98 Å². The highest BCUT2D eigenvalue weighted by Gasteiger charge is 2.26. The van der Waals surface area contributed by atoms with Gasteiger partial charge in [0.2, 0.25) is 5.96 Å². The van der Waals surface area contributed by atoms with Crippen LogP contribution in [0.1, 0.15) is 34.9 Å². The van der Waals surface area contributed by atoms with E-state index in [2.05, 4.69) is 45.5 Å². The van der Waals surface area contributed by atoms with Crippen molar-refractivity contribution in [3.63, 3.8) is 0 Å². The lowest BCUT2D eigenvalue weighted by Crippen LogP contribution is -2.24. The zero-order valence-corrected chi connectivity index (χ0v) is 12.5. The van der Waals surface area contributed by atoms with Gasteiger partial charge in [-0.25, -0.2) is 0 Å². The molecule has 4 N–H and O–H groups in total. The van der Waals surface area contributed by atoms with Gasteiger partial charge >= 0.3 is 0 Å². The van der Waals surface area contributed by atoms with Crippen LogP contribution in [0.2, 0.25) is 0 Å². The second-order valence-corrected chi connectivity index (χ2v) is 5.53. The third-order valence-corrected chi connectivity index (χ3v) is 3.86. The van der Waals surface area contributed by atoms with Crippen molar-refractivity contribution >= 4 is 11.7 Å². The highest BCUT2D eigenvalue weighted by Crippen LogP contribution is 2.32. The summed E-state index contributed by atoms with van der Waals surface area (Å²) in [5.41, 5.74) is 16.1. The molecule has 0 saturated heterocycles. The number of hydrogen-bond acceptors (Lipinski definition) is 3. The molecule has 1 heterocycles. The Hall–Kier alpha value is -2.69. The van der Waals surface area contributed by atoms with Crippen molar-refractivity contribution in [2.24, 2.45) is 21.7 Å². The van der Waals surface area contributed by atoms with Gasteiger partial charge in [-0.2, -0.15) is 5.10 Å². The number of nitrogens with zero attached hydrogens (tertiary/aromatic N) is 3. The van der Waals surface area contributed by atoms with Gasteiger partial charge in [-0.15, -0.1) is 5.10 Å². The van der Waals surface area contributed by atoms with Gasteiger partial charge in [-0.1, -0.05) is 30.3 Å². The fraction of sp³-hybridized carbons (Fsp3) is 0.235. The Morgan fingerprint density at radius 3 is 2.59 bits per heavy atom. The molecule has 0 bridgehead atoms. The van der Waals surface area contributed by atoms with Crippen LogP contribution in [0, 0.1) is 6.92 Å². The highest BCUT2D eigenvalue weighted by atomic mass is 15.3. The van der Waals surface area contributed by atoms with Gasteiger partial charge in [0.05, 0.1) is 11.4 Å². The van der Waals surface area contributed by atoms with Gasteiger partial charge in [0, 0.05) is 11.3 Å². The first-order valence-corrected chi connectivity index (χ1v) is 7.31. The van der Waals surface area contributed by atoms with Crippen LogP contribution in [0.3, 0.4) is 0 Å². The third kappa shape index (κ3) is 2.98. The second kappa shape index (κ2) is 5.97. The Bertz CT molecular complexity index is 730. The highest BCUT2D eigenvalue weighted by molar-refractivity contribution is 6.03. The first-order chi connectivity index (χ1) is 10.6. The van der Waals surface area contributed by atoms with Crippen LogP contribution in [0.15, 0.2) is 52.7 Å². The molecule has 112 valence electrons. The Kier molecular flexibility index (Phi) is 3.87. The fourth-order valence-corrected chi connectivity index (χ4v) is 2.85. The van der Waals surface area contributed by atoms with Gasteiger partial charge in [0.25, 0.3) is 0 Å². The summed E-state index contributed by atoms with van der Waals surface area (Å²) >= 11 is 0. The number of hydrogen-bond donors (Lipinski definition) is 2. The molecule has 5 nitrogen and oxygen atoms in total. The number of benzene rings is 1. The van der Waals surface area contributed by atoms with Gasteiger partial charge < -0.3 is 11.5 Å². The molecule has 0 fully saturated rings. The molecule has 2 aromatic rings. The van der Waals surface area contributed by atoms with Crippen LogP contribution in [-0.4, -0.2) is 16.7 Å². The summed E-state index contributed by atoms with van der Waals surface area (Å²) in [6.45, 7) is 2.00. The van der Waals surface area contributed by atoms with Crippen molar-refractivity contribution < 1.29 is 0 Å². The zero-order chi connectivity index (χ0) is 15.5. The number of guanidine groups is 1. The normalized spacial score (nSPS) is 18.8. The molecule has 3 rings (SSSR count). The number of aromatic nitrogens is 1. The SMILES string of the molecule is Cc1ccc2c(n1)CC(c1ccccc1)CC2=NN=C(N)N. The molecular formula is C17H19N5. The van der Waals surface area contributed by atoms with E-state index in [4.69, 9.17) is 11.5 Å². The predicted molar refractivity (Wildman–Crippen MR) is 88.8 cm³/mol. The summed E-state index contributed by atoms with van der Waals surface area (Å²) in [5, 5.41) is 8.07. The van der Waals surface area contributed by atoms with Gasteiger partial charge in [0.15, 0.2) is 0 Å². The van der Waals surface area contributed by atoms with Crippen LogP contribution in [0.4, 0.5) is 0 Å². The van der Waals surface area contributed by atoms with Crippen LogP contribution in [-0.2, 0) is 6.42 Å².